The van der Waals surface area contributed by atoms with Crippen molar-refractivity contribution in [2.75, 3.05) is 7.11 Å². The first kappa shape index (κ1) is 15.2. The van der Waals surface area contributed by atoms with Crippen molar-refractivity contribution in [3.05, 3.63) is 35.1 Å². The largest absolute Gasteiger partial charge is 0.467 e. The summed E-state index contributed by atoms with van der Waals surface area (Å²) in [6.07, 6.45) is 0. The Balaban J connectivity index is 2.55. The van der Waals surface area contributed by atoms with E-state index in [1.807, 2.05) is 0 Å². The van der Waals surface area contributed by atoms with E-state index < -0.39 is 29.4 Å². The maximum Gasteiger partial charge on any atom is 0.311 e. The predicted octanol–water partition coefficient (Wildman–Crippen LogP) is 2.83. The fraction of sp³-hybridized carbons (Fsp3) is 0.357. The summed E-state index contributed by atoms with van der Waals surface area (Å²) < 4.78 is 44.7. The number of benzene rings is 1. The molecular weight excluding hydrogens is 285 g/mol. The normalized spacial score (nSPS) is 21.6. The van der Waals surface area contributed by atoms with Gasteiger partial charge < -0.3 is 4.74 Å². The van der Waals surface area contributed by atoms with Gasteiger partial charge in [-0.25, -0.2) is 23.2 Å². The number of carbonyl (C=O) groups excluding carboxylic acids is 1. The third-order valence-corrected chi connectivity index (χ3v) is 3.26. The first-order valence-electron chi connectivity index (χ1n) is 6.17. The molecule has 1 aliphatic heterocycles. The van der Waals surface area contributed by atoms with Crippen LogP contribution in [-0.2, 0) is 9.53 Å². The van der Waals surface area contributed by atoms with Gasteiger partial charge in [-0.2, -0.15) is 0 Å². The molecule has 2 rings (SSSR count). The SMILES string of the molecule is COC1=NC(c2cc(F)c(F)c(F)c2)C(C(C)=O)C(C)=N1. The molecule has 0 spiro atoms. The lowest BCUT2D eigenvalue weighted by molar-refractivity contribution is -0.119. The molecule has 1 heterocycles. The summed E-state index contributed by atoms with van der Waals surface area (Å²) in [4.78, 5) is 19.8. The number of carbonyl (C=O) groups is 1. The van der Waals surface area contributed by atoms with Gasteiger partial charge in [0.05, 0.1) is 19.1 Å². The minimum atomic E-state index is -1.56. The van der Waals surface area contributed by atoms with Gasteiger partial charge >= 0.3 is 6.02 Å². The molecule has 0 saturated carbocycles. The van der Waals surface area contributed by atoms with Crippen molar-refractivity contribution in [1.82, 2.24) is 0 Å². The van der Waals surface area contributed by atoms with E-state index in [0.717, 1.165) is 12.1 Å². The highest BCUT2D eigenvalue weighted by atomic mass is 19.2. The van der Waals surface area contributed by atoms with E-state index in [9.17, 15) is 18.0 Å². The van der Waals surface area contributed by atoms with Crippen LogP contribution in [0, 0.1) is 23.4 Å². The van der Waals surface area contributed by atoms with E-state index in [1.165, 1.54) is 14.0 Å². The Bertz CT molecular complexity index is 633. The number of ether oxygens (including phenoxy) is 1. The smallest absolute Gasteiger partial charge is 0.311 e. The molecule has 4 nitrogen and oxygen atoms in total. The summed E-state index contributed by atoms with van der Waals surface area (Å²) in [7, 11) is 1.34. The number of methoxy groups -OCH3 is 1. The minimum Gasteiger partial charge on any atom is -0.467 e. The third-order valence-electron chi connectivity index (χ3n) is 3.26. The zero-order valence-electron chi connectivity index (χ0n) is 11.7. The van der Waals surface area contributed by atoms with E-state index >= 15 is 0 Å². The van der Waals surface area contributed by atoms with Gasteiger partial charge in [-0.1, -0.05) is 0 Å². The molecule has 0 radical (unpaired) electrons. The lowest BCUT2D eigenvalue weighted by atomic mass is 9.86. The number of hydrogen-bond donors (Lipinski definition) is 0. The second-order valence-electron chi connectivity index (χ2n) is 4.70. The summed E-state index contributed by atoms with van der Waals surface area (Å²) in [6.45, 7) is 2.93. The van der Waals surface area contributed by atoms with E-state index in [2.05, 4.69) is 9.98 Å². The van der Waals surface area contributed by atoms with E-state index in [4.69, 9.17) is 4.74 Å². The molecule has 2 unspecified atom stereocenters. The number of hydrogen-bond acceptors (Lipinski definition) is 4. The van der Waals surface area contributed by atoms with Crippen molar-refractivity contribution in [2.45, 2.75) is 19.9 Å². The van der Waals surface area contributed by atoms with Crippen LogP contribution in [0.25, 0.3) is 0 Å². The molecule has 2 atom stereocenters. The fourth-order valence-electron chi connectivity index (χ4n) is 2.30. The van der Waals surface area contributed by atoms with Crippen LogP contribution in [0.2, 0.25) is 0 Å². The van der Waals surface area contributed by atoms with E-state index in [1.54, 1.807) is 6.92 Å². The molecule has 1 aromatic rings. The Morgan fingerprint density at radius 2 is 1.81 bits per heavy atom. The van der Waals surface area contributed by atoms with Crippen LogP contribution in [-0.4, -0.2) is 24.6 Å². The van der Waals surface area contributed by atoms with Crippen LogP contribution < -0.4 is 0 Å². The number of aliphatic imine (C=N–C) groups is 2. The van der Waals surface area contributed by atoms with Crippen molar-refractivity contribution in [3.63, 3.8) is 0 Å². The molecule has 112 valence electrons. The van der Waals surface area contributed by atoms with Gasteiger partial charge in [0, 0.05) is 5.71 Å². The van der Waals surface area contributed by atoms with Crippen molar-refractivity contribution in [3.8, 4) is 0 Å². The van der Waals surface area contributed by atoms with Gasteiger partial charge in [0.1, 0.15) is 5.78 Å². The van der Waals surface area contributed by atoms with Crippen molar-refractivity contribution < 1.29 is 22.7 Å². The molecule has 7 heteroatoms. The quantitative estimate of drug-likeness (QED) is 0.788. The van der Waals surface area contributed by atoms with Gasteiger partial charge in [-0.05, 0) is 31.5 Å². The fourth-order valence-corrected chi connectivity index (χ4v) is 2.30. The number of amidine groups is 1. The second kappa shape index (κ2) is 5.67. The highest BCUT2D eigenvalue weighted by Gasteiger charge is 2.34. The molecule has 0 saturated heterocycles. The predicted molar refractivity (Wildman–Crippen MR) is 70.8 cm³/mol. The topological polar surface area (TPSA) is 51.0 Å². The molecule has 1 aromatic carbocycles. The summed E-state index contributed by atoms with van der Waals surface area (Å²) in [5.74, 6) is -5.25. The summed E-state index contributed by atoms with van der Waals surface area (Å²) in [5.41, 5.74) is 0.472. The molecule has 1 aliphatic rings. The van der Waals surface area contributed by atoms with Crippen LogP contribution in [0.1, 0.15) is 25.5 Å². The first-order chi connectivity index (χ1) is 9.85. The summed E-state index contributed by atoms with van der Waals surface area (Å²) in [5, 5.41) is 0. The molecule has 0 aliphatic carbocycles. The Labute approximate surface area is 119 Å². The van der Waals surface area contributed by atoms with E-state index in [0.29, 0.717) is 5.71 Å². The van der Waals surface area contributed by atoms with Gasteiger partial charge in [0.25, 0.3) is 0 Å². The van der Waals surface area contributed by atoms with Crippen LogP contribution in [0.5, 0.6) is 0 Å². The monoisotopic (exact) mass is 298 g/mol. The Morgan fingerprint density at radius 1 is 1.24 bits per heavy atom. The zero-order chi connectivity index (χ0) is 15.7. The maximum atomic E-state index is 13.4. The number of ketones is 1. The van der Waals surface area contributed by atoms with Crippen LogP contribution in [0.3, 0.4) is 0 Å². The average Bonchev–Trinajstić information content (AvgIpc) is 2.42. The Kier molecular flexibility index (Phi) is 4.11. The van der Waals surface area contributed by atoms with Crippen LogP contribution in [0.4, 0.5) is 13.2 Å². The second-order valence-corrected chi connectivity index (χ2v) is 4.70. The lowest BCUT2D eigenvalue weighted by Gasteiger charge is -2.26. The summed E-state index contributed by atoms with van der Waals surface area (Å²) >= 11 is 0. The Hall–Kier alpha value is -2.18. The third kappa shape index (κ3) is 2.81. The highest BCUT2D eigenvalue weighted by Crippen LogP contribution is 2.33. The molecule has 0 bridgehead atoms. The zero-order valence-corrected chi connectivity index (χ0v) is 11.7. The minimum absolute atomic E-state index is 0.000131. The molecular formula is C14H13F3N2O2. The van der Waals surface area contributed by atoms with Crippen LogP contribution >= 0.6 is 0 Å². The van der Waals surface area contributed by atoms with Crippen molar-refractivity contribution in [2.24, 2.45) is 15.9 Å². The molecule has 0 fully saturated rings. The molecule has 0 aromatic heterocycles. The average molecular weight is 298 g/mol. The van der Waals surface area contributed by atoms with Gasteiger partial charge in [-0.3, -0.25) is 4.79 Å². The lowest BCUT2D eigenvalue weighted by Crippen LogP contribution is -2.31. The Morgan fingerprint density at radius 3 is 2.29 bits per heavy atom. The summed E-state index contributed by atoms with van der Waals surface area (Å²) in [6, 6.07) is 0.752. The number of nitrogens with zero attached hydrogens (tertiary/aromatic N) is 2. The number of halogens is 3. The van der Waals surface area contributed by atoms with E-state index in [-0.39, 0.29) is 17.4 Å². The first-order valence-corrected chi connectivity index (χ1v) is 6.17. The van der Waals surface area contributed by atoms with Crippen molar-refractivity contribution in [1.29, 1.82) is 0 Å². The number of Topliss-reactive ketones (excluding diaryl/α,β-unsaturated/α-hetero) is 1. The standard InChI is InChI=1S/C14H13F3N2O2/c1-6-11(7(2)20)13(19-14(18-6)21-3)8-4-9(15)12(17)10(16)5-8/h4-5,11,13H,1-3H3. The van der Waals surface area contributed by atoms with Gasteiger partial charge in [-0.15, -0.1) is 0 Å². The number of rotatable bonds is 2. The maximum absolute atomic E-state index is 13.4. The van der Waals surface area contributed by atoms with Gasteiger partial charge in [0.2, 0.25) is 0 Å². The molecule has 0 N–H and O–H groups in total. The molecule has 0 amide bonds. The highest BCUT2D eigenvalue weighted by molar-refractivity contribution is 6.09. The van der Waals surface area contributed by atoms with Crippen molar-refractivity contribution >= 4 is 17.5 Å². The molecule has 21 heavy (non-hydrogen) atoms. The van der Waals surface area contributed by atoms with Crippen LogP contribution in [0.15, 0.2) is 22.1 Å². The van der Waals surface area contributed by atoms with Gasteiger partial charge in [0.15, 0.2) is 17.5 Å².